The van der Waals surface area contributed by atoms with Crippen LogP contribution in [0.4, 0.5) is 13.2 Å². The minimum Gasteiger partial charge on any atom is -0.306 e. The van der Waals surface area contributed by atoms with Gasteiger partial charge in [0.2, 0.25) is 0 Å². The molecule has 1 atom stereocenters. The maximum absolute atomic E-state index is 15.0. The third-order valence-corrected chi connectivity index (χ3v) is 7.51. The van der Waals surface area contributed by atoms with Crippen molar-refractivity contribution < 1.29 is 13.2 Å². The van der Waals surface area contributed by atoms with E-state index in [1.807, 2.05) is 31.2 Å². The number of hydrogen-bond acceptors (Lipinski definition) is 1. The van der Waals surface area contributed by atoms with Crippen molar-refractivity contribution in [1.29, 1.82) is 0 Å². The number of rotatable bonds is 5. The molecule has 33 heavy (non-hydrogen) atoms. The van der Waals surface area contributed by atoms with Gasteiger partial charge in [-0.15, -0.1) is 0 Å². The van der Waals surface area contributed by atoms with Gasteiger partial charge in [0.25, 0.3) is 0 Å². The van der Waals surface area contributed by atoms with Crippen molar-refractivity contribution in [2.24, 2.45) is 0 Å². The Hall–Kier alpha value is -2.59. The molecule has 3 aromatic rings. The zero-order chi connectivity index (χ0) is 23.7. The fourth-order valence-corrected chi connectivity index (χ4v) is 5.09. The van der Waals surface area contributed by atoms with Gasteiger partial charge in [0, 0.05) is 0 Å². The minimum atomic E-state index is -4.46. The average molecular weight is 452 g/mol. The second-order valence-electron chi connectivity index (χ2n) is 9.87. The largest absolute Gasteiger partial charge is 0.402 e. The standard InChI is InChI=1S/C29H32F3N/c1-22-9-13-26(14-10-22)28(29(30,31)32,25-7-5-4-6-8-25)21-23-11-15-24(16-12-23)27(2)17-19-33(3)20-18-27/h4-16H,17-21H2,1-3H3. The average Bonchev–Trinajstić information content (AvgIpc) is 2.80. The van der Waals surface area contributed by atoms with Crippen LogP contribution in [0.1, 0.15) is 47.6 Å². The molecule has 0 saturated carbocycles. The van der Waals surface area contributed by atoms with Gasteiger partial charge in [-0.3, -0.25) is 0 Å². The van der Waals surface area contributed by atoms with E-state index in [1.165, 1.54) is 5.56 Å². The number of halogens is 3. The number of benzene rings is 3. The van der Waals surface area contributed by atoms with Gasteiger partial charge < -0.3 is 4.90 Å². The quantitative estimate of drug-likeness (QED) is 0.401. The first-order chi connectivity index (χ1) is 15.6. The first kappa shape index (κ1) is 23.6. The van der Waals surface area contributed by atoms with Crippen molar-refractivity contribution in [1.82, 2.24) is 4.90 Å². The number of piperidine rings is 1. The van der Waals surface area contributed by atoms with Gasteiger partial charge in [-0.25, -0.2) is 0 Å². The zero-order valence-electron chi connectivity index (χ0n) is 19.6. The molecule has 0 spiro atoms. The van der Waals surface area contributed by atoms with Gasteiger partial charge >= 0.3 is 6.18 Å². The molecule has 3 aromatic carbocycles. The van der Waals surface area contributed by atoms with E-state index in [9.17, 15) is 13.2 Å². The Morgan fingerprint density at radius 2 is 1.33 bits per heavy atom. The lowest BCUT2D eigenvalue weighted by Gasteiger charge is -2.39. The summed E-state index contributed by atoms with van der Waals surface area (Å²) >= 11 is 0. The Labute approximate surface area is 195 Å². The van der Waals surface area contributed by atoms with E-state index in [2.05, 4.69) is 18.9 Å². The Morgan fingerprint density at radius 3 is 1.88 bits per heavy atom. The first-order valence-electron chi connectivity index (χ1n) is 11.6. The SMILES string of the molecule is Cc1ccc(C(Cc2ccc(C3(C)CCN(C)CC3)cc2)(c2ccccc2)C(F)(F)F)cc1. The molecule has 0 aromatic heterocycles. The Bertz CT molecular complexity index is 1050. The maximum atomic E-state index is 15.0. The van der Waals surface area contributed by atoms with E-state index < -0.39 is 11.6 Å². The smallest absolute Gasteiger partial charge is 0.306 e. The van der Waals surface area contributed by atoms with Crippen LogP contribution in [0.3, 0.4) is 0 Å². The fraction of sp³-hybridized carbons (Fsp3) is 0.379. The van der Waals surface area contributed by atoms with Gasteiger partial charge in [-0.2, -0.15) is 13.2 Å². The number of likely N-dealkylation sites (tertiary alicyclic amines) is 1. The molecule has 4 heteroatoms. The number of nitrogens with zero attached hydrogens (tertiary/aromatic N) is 1. The summed E-state index contributed by atoms with van der Waals surface area (Å²) in [5.41, 5.74) is 1.36. The fourth-order valence-electron chi connectivity index (χ4n) is 5.09. The molecule has 1 aliphatic rings. The molecule has 1 heterocycles. The van der Waals surface area contributed by atoms with Crippen LogP contribution in [0, 0.1) is 6.92 Å². The molecule has 174 valence electrons. The summed E-state index contributed by atoms with van der Waals surface area (Å²) in [5, 5.41) is 0. The highest BCUT2D eigenvalue weighted by Gasteiger charge is 2.56. The van der Waals surface area contributed by atoms with Crippen LogP contribution in [-0.4, -0.2) is 31.2 Å². The van der Waals surface area contributed by atoms with Crippen molar-refractivity contribution in [2.75, 3.05) is 20.1 Å². The molecule has 0 bridgehead atoms. The molecule has 1 fully saturated rings. The van der Waals surface area contributed by atoms with Gasteiger partial charge in [-0.05, 0) is 74.0 Å². The van der Waals surface area contributed by atoms with Crippen LogP contribution in [0.15, 0.2) is 78.9 Å². The number of aryl methyl sites for hydroxylation is 1. The molecule has 4 rings (SSSR count). The van der Waals surface area contributed by atoms with Crippen molar-refractivity contribution >= 4 is 0 Å². The summed E-state index contributed by atoms with van der Waals surface area (Å²) in [5.74, 6) is 0. The van der Waals surface area contributed by atoms with E-state index in [0.29, 0.717) is 5.56 Å². The van der Waals surface area contributed by atoms with E-state index in [-0.39, 0.29) is 23.0 Å². The van der Waals surface area contributed by atoms with E-state index >= 15 is 0 Å². The van der Waals surface area contributed by atoms with Gasteiger partial charge in [0.1, 0.15) is 5.41 Å². The van der Waals surface area contributed by atoms with Gasteiger partial charge in [0.15, 0.2) is 0 Å². The summed E-state index contributed by atoms with van der Waals surface area (Å²) in [6.45, 7) is 6.24. The number of alkyl halides is 3. The molecule has 1 unspecified atom stereocenters. The monoisotopic (exact) mass is 451 g/mol. The molecule has 1 saturated heterocycles. The molecule has 0 amide bonds. The van der Waals surface area contributed by atoms with Crippen molar-refractivity contribution in [3.8, 4) is 0 Å². The van der Waals surface area contributed by atoms with Crippen LogP contribution < -0.4 is 0 Å². The molecule has 0 N–H and O–H groups in total. The van der Waals surface area contributed by atoms with Crippen LogP contribution in [0.5, 0.6) is 0 Å². The van der Waals surface area contributed by atoms with Crippen LogP contribution in [0.25, 0.3) is 0 Å². The highest BCUT2D eigenvalue weighted by atomic mass is 19.4. The molecular formula is C29H32F3N. The van der Waals surface area contributed by atoms with Gasteiger partial charge in [-0.1, -0.05) is 91.3 Å². The maximum Gasteiger partial charge on any atom is 0.402 e. The Balaban J connectivity index is 1.75. The third-order valence-electron chi connectivity index (χ3n) is 7.51. The summed E-state index contributed by atoms with van der Waals surface area (Å²) in [4.78, 5) is 2.33. The van der Waals surface area contributed by atoms with Crippen LogP contribution in [0.2, 0.25) is 0 Å². The Morgan fingerprint density at radius 1 is 0.788 bits per heavy atom. The van der Waals surface area contributed by atoms with Crippen molar-refractivity contribution in [3.05, 3.63) is 107 Å². The zero-order valence-corrected chi connectivity index (χ0v) is 19.6. The van der Waals surface area contributed by atoms with Crippen molar-refractivity contribution in [3.63, 3.8) is 0 Å². The predicted octanol–water partition coefficient (Wildman–Crippen LogP) is 7.07. The Kier molecular flexibility index (Phi) is 6.41. The lowest BCUT2D eigenvalue weighted by Crippen LogP contribution is -2.45. The third kappa shape index (κ3) is 4.59. The lowest BCUT2D eigenvalue weighted by atomic mass is 9.69. The highest BCUT2D eigenvalue weighted by molar-refractivity contribution is 5.45. The summed E-state index contributed by atoms with van der Waals surface area (Å²) in [7, 11) is 2.13. The second-order valence-corrected chi connectivity index (χ2v) is 9.87. The van der Waals surface area contributed by atoms with Crippen LogP contribution in [-0.2, 0) is 17.3 Å². The molecular weight excluding hydrogens is 419 g/mol. The lowest BCUT2D eigenvalue weighted by molar-refractivity contribution is -0.178. The molecule has 1 aliphatic heterocycles. The summed E-state index contributed by atoms with van der Waals surface area (Å²) in [6, 6.07) is 23.0. The normalized spacial score (nSPS) is 18.6. The topological polar surface area (TPSA) is 3.24 Å². The minimum absolute atomic E-state index is 0.0720. The van der Waals surface area contributed by atoms with E-state index in [4.69, 9.17) is 0 Å². The van der Waals surface area contributed by atoms with Crippen LogP contribution >= 0.6 is 0 Å². The highest BCUT2D eigenvalue weighted by Crippen LogP contribution is 2.49. The summed E-state index contributed by atoms with van der Waals surface area (Å²) < 4.78 is 45.0. The molecule has 1 nitrogen and oxygen atoms in total. The van der Waals surface area contributed by atoms with E-state index in [0.717, 1.165) is 31.5 Å². The van der Waals surface area contributed by atoms with E-state index in [1.54, 1.807) is 54.6 Å². The van der Waals surface area contributed by atoms with Crippen molar-refractivity contribution in [2.45, 2.75) is 50.1 Å². The van der Waals surface area contributed by atoms with Gasteiger partial charge in [0.05, 0.1) is 0 Å². The predicted molar refractivity (Wildman–Crippen MR) is 129 cm³/mol. The number of hydrogen-bond donors (Lipinski definition) is 0. The second kappa shape index (κ2) is 8.98. The molecule has 0 radical (unpaired) electrons. The first-order valence-corrected chi connectivity index (χ1v) is 11.6. The summed E-state index contributed by atoms with van der Waals surface area (Å²) in [6.07, 6.45) is -2.48. The molecule has 0 aliphatic carbocycles.